The Morgan fingerprint density at radius 3 is 2.74 bits per heavy atom. The lowest BCUT2D eigenvalue weighted by atomic mass is 10.2. The molecular weight excluding hydrogens is 254 g/mol. The van der Waals surface area contributed by atoms with Gasteiger partial charge in [-0.15, -0.1) is 11.8 Å². The number of hydrogen-bond acceptors (Lipinski definition) is 3. The first-order valence-electron chi connectivity index (χ1n) is 7.07. The van der Waals surface area contributed by atoms with Gasteiger partial charge in [-0.05, 0) is 36.6 Å². The number of methoxy groups -OCH3 is 1. The molecule has 3 heteroatoms. The summed E-state index contributed by atoms with van der Waals surface area (Å²) < 4.78 is 5.13. The summed E-state index contributed by atoms with van der Waals surface area (Å²) in [5, 5.41) is 4.08. The van der Waals surface area contributed by atoms with E-state index in [1.165, 1.54) is 10.5 Å². The molecule has 0 radical (unpaired) electrons. The summed E-state index contributed by atoms with van der Waals surface area (Å²) in [5.74, 6) is 0.701. The summed E-state index contributed by atoms with van der Waals surface area (Å²) in [4.78, 5) is 1.35. The van der Waals surface area contributed by atoms with Gasteiger partial charge in [0, 0.05) is 30.4 Å². The molecule has 0 saturated heterocycles. The first-order valence-corrected chi connectivity index (χ1v) is 7.95. The summed E-state index contributed by atoms with van der Waals surface area (Å²) >= 11 is 1.93. The monoisotopic (exact) mass is 281 g/mol. The van der Waals surface area contributed by atoms with Crippen molar-refractivity contribution in [3.63, 3.8) is 0 Å². The van der Waals surface area contributed by atoms with E-state index in [0.29, 0.717) is 11.2 Å². The molecule has 1 aromatic carbocycles. The molecule has 1 atom stereocenters. The van der Waals surface area contributed by atoms with Crippen molar-refractivity contribution >= 4 is 11.8 Å². The van der Waals surface area contributed by atoms with Crippen LogP contribution in [-0.4, -0.2) is 25.5 Å². The molecule has 0 aromatic heterocycles. The van der Waals surface area contributed by atoms with E-state index in [1.54, 1.807) is 7.11 Å². The molecule has 0 aliphatic heterocycles. The minimum Gasteiger partial charge on any atom is -0.385 e. The second kappa shape index (κ2) is 9.40. The van der Waals surface area contributed by atoms with E-state index in [-0.39, 0.29) is 0 Å². The van der Waals surface area contributed by atoms with Crippen LogP contribution in [0.15, 0.2) is 29.2 Å². The Morgan fingerprint density at radius 2 is 2.05 bits per heavy atom. The SMILES string of the molecule is COCCC(C)Sc1cccc(CNCC(C)C)c1. The van der Waals surface area contributed by atoms with Gasteiger partial charge in [0.15, 0.2) is 0 Å². The van der Waals surface area contributed by atoms with E-state index in [1.807, 2.05) is 11.8 Å². The van der Waals surface area contributed by atoms with Crippen LogP contribution < -0.4 is 5.32 Å². The lowest BCUT2D eigenvalue weighted by Gasteiger charge is -2.12. The van der Waals surface area contributed by atoms with Gasteiger partial charge in [0.25, 0.3) is 0 Å². The van der Waals surface area contributed by atoms with Crippen LogP contribution in [0.1, 0.15) is 32.8 Å². The van der Waals surface area contributed by atoms with Crippen LogP contribution in [0.3, 0.4) is 0 Å². The molecule has 0 saturated carbocycles. The summed E-state index contributed by atoms with van der Waals surface area (Å²) in [7, 11) is 1.76. The predicted molar refractivity (Wildman–Crippen MR) is 84.8 cm³/mol. The highest BCUT2D eigenvalue weighted by molar-refractivity contribution is 7.99. The van der Waals surface area contributed by atoms with Crippen molar-refractivity contribution in [2.24, 2.45) is 5.92 Å². The van der Waals surface area contributed by atoms with E-state index in [4.69, 9.17) is 4.74 Å². The van der Waals surface area contributed by atoms with Gasteiger partial charge in [-0.3, -0.25) is 0 Å². The number of thioether (sulfide) groups is 1. The summed E-state index contributed by atoms with van der Waals surface area (Å²) in [6.45, 7) is 9.59. The summed E-state index contributed by atoms with van der Waals surface area (Å²) in [6.07, 6.45) is 1.09. The van der Waals surface area contributed by atoms with Crippen molar-refractivity contribution in [3.8, 4) is 0 Å². The molecule has 19 heavy (non-hydrogen) atoms. The van der Waals surface area contributed by atoms with Crippen molar-refractivity contribution < 1.29 is 4.74 Å². The zero-order valence-corrected chi connectivity index (χ0v) is 13.4. The maximum absolute atomic E-state index is 5.13. The van der Waals surface area contributed by atoms with E-state index in [9.17, 15) is 0 Å². The Labute approximate surface area is 122 Å². The standard InChI is InChI=1S/C16H27NOS/c1-13(2)11-17-12-15-6-5-7-16(10-15)19-14(3)8-9-18-4/h5-7,10,13-14,17H,8-9,11-12H2,1-4H3. The Morgan fingerprint density at radius 1 is 1.26 bits per heavy atom. The van der Waals surface area contributed by atoms with Crippen LogP contribution in [0.5, 0.6) is 0 Å². The van der Waals surface area contributed by atoms with Gasteiger partial charge in [0.1, 0.15) is 0 Å². The molecule has 1 N–H and O–H groups in total. The van der Waals surface area contributed by atoms with Crippen LogP contribution in [0.2, 0.25) is 0 Å². The Kier molecular flexibility index (Phi) is 8.19. The fraction of sp³-hybridized carbons (Fsp3) is 0.625. The molecule has 0 amide bonds. The maximum atomic E-state index is 5.13. The number of hydrogen-bond donors (Lipinski definition) is 1. The Hall–Kier alpha value is -0.510. The van der Waals surface area contributed by atoms with Gasteiger partial charge < -0.3 is 10.1 Å². The molecule has 1 aromatic rings. The third kappa shape index (κ3) is 7.61. The molecule has 0 spiro atoms. The summed E-state index contributed by atoms with van der Waals surface area (Å²) in [5.41, 5.74) is 1.37. The Bertz CT molecular complexity index is 354. The van der Waals surface area contributed by atoms with E-state index in [0.717, 1.165) is 26.1 Å². The molecule has 0 fully saturated rings. The lowest BCUT2D eigenvalue weighted by molar-refractivity contribution is 0.195. The van der Waals surface area contributed by atoms with Crippen molar-refractivity contribution in [1.29, 1.82) is 0 Å². The average molecular weight is 281 g/mol. The minimum atomic E-state index is 0.596. The highest BCUT2D eigenvalue weighted by Gasteiger charge is 2.05. The van der Waals surface area contributed by atoms with E-state index >= 15 is 0 Å². The highest BCUT2D eigenvalue weighted by Crippen LogP contribution is 2.25. The summed E-state index contributed by atoms with van der Waals surface area (Å²) in [6, 6.07) is 8.83. The second-order valence-corrected chi connectivity index (χ2v) is 6.89. The third-order valence-corrected chi connectivity index (χ3v) is 4.01. The normalized spacial score (nSPS) is 12.9. The number of ether oxygens (including phenoxy) is 1. The molecule has 0 aliphatic rings. The van der Waals surface area contributed by atoms with Crippen LogP contribution in [-0.2, 0) is 11.3 Å². The van der Waals surface area contributed by atoms with Gasteiger partial charge in [-0.25, -0.2) is 0 Å². The topological polar surface area (TPSA) is 21.3 Å². The third-order valence-electron chi connectivity index (χ3n) is 2.85. The van der Waals surface area contributed by atoms with Gasteiger partial charge in [0.05, 0.1) is 0 Å². The first kappa shape index (κ1) is 16.5. The molecule has 0 heterocycles. The first-order chi connectivity index (χ1) is 9.11. The zero-order chi connectivity index (χ0) is 14.1. The number of nitrogens with one attached hydrogen (secondary N) is 1. The van der Waals surface area contributed by atoms with Crippen LogP contribution in [0, 0.1) is 5.92 Å². The largest absolute Gasteiger partial charge is 0.385 e. The minimum absolute atomic E-state index is 0.596. The molecule has 0 bridgehead atoms. The Balaban J connectivity index is 2.42. The molecular formula is C16H27NOS. The van der Waals surface area contributed by atoms with Crippen molar-refractivity contribution in [1.82, 2.24) is 5.32 Å². The van der Waals surface area contributed by atoms with E-state index in [2.05, 4.69) is 50.4 Å². The highest BCUT2D eigenvalue weighted by atomic mass is 32.2. The van der Waals surface area contributed by atoms with Crippen LogP contribution in [0.4, 0.5) is 0 Å². The fourth-order valence-corrected chi connectivity index (χ4v) is 2.86. The predicted octanol–water partition coefficient (Wildman–Crippen LogP) is 3.95. The van der Waals surface area contributed by atoms with Gasteiger partial charge >= 0.3 is 0 Å². The second-order valence-electron chi connectivity index (χ2n) is 5.38. The smallest absolute Gasteiger partial charge is 0.0472 e. The molecule has 1 unspecified atom stereocenters. The van der Waals surface area contributed by atoms with Gasteiger partial charge in [0.2, 0.25) is 0 Å². The maximum Gasteiger partial charge on any atom is 0.0472 e. The molecule has 0 aliphatic carbocycles. The molecule has 1 rings (SSSR count). The zero-order valence-electron chi connectivity index (χ0n) is 12.6. The lowest BCUT2D eigenvalue weighted by Crippen LogP contribution is -2.18. The van der Waals surface area contributed by atoms with Gasteiger partial charge in [-0.2, -0.15) is 0 Å². The van der Waals surface area contributed by atoms with Gasteiger partial charge in [-0.1, -0.05) is 32.9 Å². The molecule has 108 valence electrons. The molecule has 2 nitrogen and oxygen atoms in total. The number of benzene rings is 1. The fourth-order valence-electron chi connectivity index (χ4n) is 1.81. The quantitative estimate of drug-likeness (QED) is 0.693. The number of rotatable bonds is 9. The van der Waals surface area contributed by atoms with Crippen molar-refractivity contribution in [2.45, 2.75) is 43.9 Å². The van der Waals surface area contributed by atoms with E-state index < -0.39 is 0 Å². The average Bonchev–Trinajstić information content (AvgIpc) is 2.36. The van der Waals surface area contributed by atoms with Crippen LogP contribution in [0.25, 0.3) is 0 Å². The van der Waals surface area contributed by atoms with Crippen LogP contribution >= 0.6 is 11.8 Å². The van der Waals surface area contributed by atoms with Crippen molar-refractivity contribution in [2.75, 3.05) is 20.3 Å². The van der Waals surface area contributed by atoms with Crippen molar-refractivity contribution in [3.05, 3.63) is 29.8 Å².